The van der Waals surface area contributed by atoms with Gasteiger partial charge in [0.05, 0.1) is 17.7 Å². The Labute approximate surface area is 180 Å². The molecule has 0 saturated heterocycles. The first kappa shape index (κ1) is 21.3. The van der Waals surface area contributed by atoms with Gasteiger partial charge in [-0.1, -0.05) is 11.6 Å². The van der Waals surface area contributed by atoms with Gasteiger partial charge in [0.2, 0.25) is 5.91 Å². The van der Waals surface area contributed by atoms with Crippen LogP contribution in [0.4, 0.5) is 5.00 Å². The molecule has 3 rings (SSSR count). The van der Waals surface area contributed by atoms with Gasteiger partial charge in [0.15, 0.2) is 5.69 Å². The highest BCUT2D eigenvalue weighted by molar-refractivity contribution is 7.16. The van der Waals surface area contributed by atoms with E-state index in [-0.39, 0.29) is 30.0 Å². The summed E-state index contributed by atoms with van der Waals surface area (Å²) in [5, 5.41) is 9.94. The maximum Gasteiger partial charge on any atom is 0.359 e. The van der Waals surface area contributed by atoms with Crippen LogP contribution in [0.3, 0.4) is 0 Å². The Balaban J connectivity index is 2.18. The third-order valence-electron chi connectivity index (χ3n) is 3.98. The van der Waals surface area contributed by atoms with Crippen molar-refractivity contribution < 1.29 is 14.3 Å². The van der Waals surface area contributed by atoms with Crippen LogP contribution in [0.5, 0.6) is 0 Å². The Morgan fingerprint density at radius 3 is 2.66 bits per heavy atom. The summed E-state index contributed by atoms with van der Waals surface area (Å²) < 4.78 is 6.20. The molecule has 0 aliphatic carbocycles. The van der Waals surface area contributed by atoms with Crippen LogP contribution in [0.25, 0.3) is 16.5 Å². The first-order valence-electron chi connectivity index (χ1n) is 8.79. The molecule has 0 fully saturated rings. The van der Waals surface area contributed by atoms with Crippen LogP contribution in [-0.2, 0) is 9.53 Å². The van der Waals surface area contributed by atoms with E-state index < -0.39 is 11.5 Å². The molecule has 0 radical (unpaired) electrons. The van der Waals surface area contributed by atoms with E-state index >= 15 is 0 Å². The van der Waals surface area contributed by atoms with Gasteiger partial charge < -0.3 is 10.1 Å². The lowest BCUT2D eigenvalue weighted by atomic mass is 10.2. The molecule has 1 aromatic carbocycles. The molecule has 152 valence electrons. The summed E-state index contributed by atoms with van der Waals surface area (Å²) in [6.07, 6.45) is 0.741. The number of hydrogen-bond acceptors (Lipinski definition) is 6. The number of hydrogen-bond donors (Lipinski definition) is 1. The third-order valence-corrected chi connectivity index (χ3v) is 5.40. The molecule has 1 amide bonds. The second kappa shape index (κ2) is 9.39. The molecule has 3 aromatic rings. The third kappa shape index (κ3) is 4.60. The molecular weight excluding hydrogens is 437 g/mol. The zero-order chi connectivity index (χ0) is 21.0. The number of ether oxygens (including phenoxy) is 1. The fraction of sp³-hybridized carbons (Fsp3) is 0.263. The number of halogens is 2. The number of carbonyl (C=O) groups excluding carboxylic acids is 2. The number of nitrogens with one attached hydrogen (secondary N) is 1. The largest absolute Gasteiger partial charge is 0.461 e. The molecule has 0 bridgehead atoms. The summed E-state index contributed by atoms with van der Waals surface area (Å²) in [4.78, 5) is 37.8. The Hall–Kier alpha value is -2.42. The Kier molecular flexibility index (Phi) is 6.89. The molecule has 0 unspecified atom stereocenters. The van der Waals surface area contributed by atoms with E-state index in [0.29, 0.717) is 33.4 Å². The van der Waals surface area contributed by atoms with Gasteiger partial charge in [0.1, 0.15) is 5.00 Å². The molecule has 2 aromatic heterocycles. The number of esters is 1. The van der Waals surface area contributed by atoms with Gasteiger partial charge in [-0.2, -0.15) is 9.78 Å². The number of amides is 1. The molecule has 29 heavy (non-hydrogen) atoms. The average molecular weight is 454 g/mol. The predicted molar refractivity (Wildman–Crippen MR) is 115 cm³/mol. The topological polar surface area (TPSA) is 90.3 Å². The van der Waals surface area contributed by atoms with Crippen LogP contribution in [0.2, 0.25) is 5.02 Å². The van der Waals surface area contributed by atoms with E-state index in [9.17, 15) is 14.4 Å². The van der Waals surface area contributed by atoms with Crippen LogP contribution < -0.4 is 10.9 Å². The zero-order valence-electron chi connectivity index (χ0n) is 15.4. The first-order chi connectivity index (χ1) is 14.0. The van der Waals surface area contributed by atoms with Crippen molar-refractivity contribution in [2.24, 2.45) is 0 Å². The quantitative estimate of drug-likeness (QED) is 0.426. The Morgan fingerprint density at radius 1 is 1.28 bits per heavy atom. The predicted octanol–water partition coefficient (Wildman–Crippen LogP) is 4.23. The van der Waals surface area contributed by atoms with Crippen molar-refractivity contribution in [3.05, 3.63) is 50.7 Å². The number of nitrogens with zero attached hydrogens (tertiary/aromatic N) is 2. The summed E-state index contributed by atoms with van der Waals surface area (Å²) >= 11 is 12.7. The number of alkyl halides is 1. The van der Waals surface area contributed by atoms with Gasteiger partial charge in [-0.15, -0.1) is 22.9 Å². The summed E-state index contributed by atoms with van der Waals surface area (Å²) in [6, 6.07) is 6.45. The highest BCUT2D eigenvalue weighted by atomic mass is 35.5. The molecule has 0 aliphatic heterocycles. The molecular formula is C19H17Cl2N3O4S. The SMILES string of the molecule is CCOC(=O)c1nn(-c2ccc(Cl)cc2)c(=O)c2c(NC(=O)CCCCl)scc12. The Morgan fingerprint density at radius 2 is 2.00 bits per heavy atom. The van der Waals surface area contributed by atoms with Crippen LogP contribution >= 0.6 is 34.5 Å². The second-order valence-electron chi connectivity index (χ2n) is 5.96. The normalized spacial score (nSPS) is 10.9. The fourth-order valence-corrected chi connectivity index (χ4v) is 3.88. The van der Waals surface area contributed by atoms with Crippen molar-refractivity contribution in [1.29, 1.82) is 0 Å². The van der Waals surface area contributed by atoms with Gasteiger partial charge in [-0.25, -0.2) is 4.79 Å². The van der Waals surface area contributed by atoms with Gasteiger partial charge in [0, 0.05) is 28.1 Å². The molecule has 7 nitrogen and oxygen atoms in total. The fourth-order valence-electron chi connectivity index (χ4n) is 2.67. The van der Waals surface area contributed by atoms with Crippen molar-refractivity contribution in [2.45, 2.75) is 19.8 Å². The number of benzene rings is 1. The zero-order valence-corrected chi connectivity index (χ0v) is 17.7. The van der Waals surface area contributed by atoms with E-state index in [2.05, 4.69) is 10.4 Å². The summed E-state index contributed by atoms with van der Waals surface area (Å²) in [5.74, 6) is -0.557. The molecule has 0 spiro atoms. The first-order valence-corrected chi connectivity index (χ1v) is 10.6. The summed E-state index contributed by atoms with van der Waals surface area (Å²) in [5.41, 5.74) is -0.0457. The number of anilines is 1. The Bertz CT molecular complexity index is 1110. The lowest BCUT2D eigenvalue weighted by molar-refractivity contribution is -0.116. The number of aromatic nitrogens is 2. The van der Waals surface area contributed by atoms with Crippen LogP contribution in [0.1, 0.15) is 30.3 Å². The number of carbonyl (C=O) groups is 2. The molecule has 0 atom stereocenters. The van der Waals surface area contributed by atoms with Crippen LogP contribution in [0.15, 0.2) is 34.4 Å². The minimum absolute atomic E-state index is 0.00564. The monoisotopic (exact) mass is 453 g/mol. The molecule has 0 saturated carbocycles. The van der Waals surface area contributed by atoms with E-state index in [1.807, 2.05) is 0 Å². The number of fused-ring (bicyclic) bond motifs is 1. The molecule has 2 heterocycles. The van der Waals surface area contributed by atoms with Crippen molar-refractivity contribution in [1.82, 2.24) is 9.78 Å². The molecule has 10 heteroatoms. The van der Waals surface area contributed by atoms with Crippen molar-refractivity contribution >= 4 is 62.2 Å². The minimum atomic E-state index is -0.655. The van der Waals surface area contributed by atoms with Crippen LogP contribution in [-0.4, -0.2) is 34.1 Å². The summed E-state index contributed by atoms with van der Waals surface area (Å²) in [7, 11) is 0. The average Bonchev–Trinajstić information content (AvgIpc) is 3.12. The van der Waals surface area contributed by atoms with Crippen molar-refractivity contribution in [3.8, 4) is 5.69 Å². The second-order valence-corrected chi connectivity index (χ2v) is 7.65. The van der Waals surface area contributed by atoms with Gasteiger partial charge in [-0.3, -0.25) is 9.59 Å². The maximum absolute atomic E-state index is 13.2. The number of rotatable bonds is 7. The summed E-state index contributed by atoms with van der Waals surface area (Å²) in [6.45, 7) is 1.84. The lowest BCUT2D eigenvalue weighted by Gasteiger charge is -2.10. The standard InChI is InChI=1S/C19H17Cl2N3O4S/c1-2-28-19(27)16-13-10-29-17(22-14(25)4-3-9-20)15(13)18(26)24(23-16)12-7-5-11(21)6-8-12/h5-8,10H,2-4,9H2,1H3,(H,22,25). The molecule has 0 aliphatic rings. The van der Waals surface area contributed by atoms with Gasteiger partial charge in [0.25, 0.3) is 5.56 Å². The molecule has 1 N–H and O–H groups in total. The highest BCUT2D eigenvalue weighted by Crippen LogP contribution is 2.31. The van der Waals surface area contributed by atoms with E-state index in [1.165, 1.54) is 0 Å². The minimum Gasteiger partial charge on any atom is -0.461 e. The van der Waals surface area contributed by atoms with Crippen molar-refractivity contribution in [2.75, 3.05) is 17.8 Å². The smallest absolute Gasteiger partial charge is 0.359 e. The van der Waals surface area contributed by atoms with Gasteiger partial charge in [-0.05, 0) is 37.6 Å². The van der Waals surface area contributed by atoms with E-state index in [1.54, 1.807) is 36.6 Å². The lowest BCUT2D eigenvalue weighted by Crippen LogP contribution is -2.25. The maximum atomic E-state index is 13.2. The van der Waals surface area contributed by atoms with E-state index in [0.717, 1.165) is 16.0 Å². The van der Waals surface area contributed by atoms with E-state index in [4.69, 9.17) is 27.9 Å². The van der Waals surface area contributed by atoms with Crippen LogP contribution in [0, 0.1) is 0 Å². The van der Waals surface area contributed by atoms with Crippen molar-refractivity contribution in [3.63, 3.8) is 0 Å². The van der Waals surface area contributed by atoms with Gasteiger partial charge >= 0.3 is 5.97 Å². The number of thiophene rings is 1. The highest BCUT2D eigenvalue weighted by Gasteiger charge is 2.23.